The Bertz CT molecular complexity index is 546. The van der Waals surface area contributed by atoms with E-state index in [4.69, 9.17) is 28.9 Å². The van der Waals surface area contributed by atoms with Crippen molar-refractivity contribution in [2.24, 2.45) is 5.73 Å². The van der Waals surface area contributed by atoms with Crippen LogP contribution in [0.3, 0.4) is 0 Å². The summed E-state index contributed by atoms with van der Waals surface area (Å²) >= 11 is 12.0. The SMILES string of the molecule is NCCCN(Cc1ccc(Cl)c(Cl)c1)c1ccccn1. The Morgan fingerprint density at radius 2 is 1.95 bits per heavy atom. The van der Waals surface area contributed by atoms with Crippen LogP contribution >= 0.6 is 23.2 Å². The highest BCUT2D eigenvalue weighted by atomic mass is 35.5. The predicted molar refractivity (Wildman–Crippen MR) is 85.4 cm³/mol. The van der Waals surface area contributed by atoms with Gasteiger partial charge in [-0.2, -0.15) is 0 Å². The number of nitrogens with two attached hydrogens (primary N) is 1. The first-order valence-corrected chi connectivity index (χ1v) is 7.26. The van der Waals surface area contributed by atoms with Crippen LogP contribution in [0, 0.1) is 0 Å². The Hall–Kier alpha value is -1.29. The van der Waals surface area contributed by atoms with Gasteiger partial charge in [0.1, 0.15) is 5.82 Å². The zero-order valence-corrected chi connectivity index (χ0v) is 12.6. The minimum absolute atomic E-state index is 0.571. The van der Waals surface area contributed by atoms with Crippen molar-refractivity contribution in [3.63, 3.8) is 0 Å². The third-order valence-electron chi connectivity index (χ3n) is 2.96. The van der Waals surface area contributed by atoms with Crippen LogP contribution in [0.15, 0.2) is 42.6 Å². The monoisotopic (exact) mass is 309 g/mol. The molecule has 0 saturated carbocycles. The molecular weight excluding hydrogens is 293 g/mol. The van der Waals surface area contributed by atoms with E-state index >= 15 is 0 Å². The van der Waals surface area contributed by atoms with Crippen LogP contribution in [0.4, 0.5) is 5.82 Å². The Labute approximate surface area is 129 Å². The quantitative estimate of drug-likeness (QED) is 0.883. The maximum atomic E-state index is 6.06. The average Bonchev–Trinajstić information content (AvgIpc) is 2.48. The number of anilines is 1. The molecule has 3 nitrogen and oxygen atoms in total. The maximum Gasteiger partial charge on any atom is 0.128 e. The second kappa shape index (κ2) is 7.48. The van der Waals surface area contributed by atoms with Crippen LogP contribution in [-0.2, 0) is 6.54 Å². The topological polar surface area (TPSA) is 42.1 Å². The highest BCUT2D eigenvalue weighted by Crippen LogP contribution is 2.24. The molecule has 0 saturated heterocycles. The summed E-state index contributed by atoms with van der Waals surface area (Å²) in [5.41, 5.74) is 6.71. The van der Waals surface area contributed by atoms with E-state index in [0.29, 0.717) is 16.6 Å². The van der Waals surface area contributed by atoms with Gasteiger partial charge in [0.05, 0.1) is 10.0 Å². The number of hydrogen-bond donors (Lipinski definition) is 1. The number of pyridine rings is 1. The molecule has 2 rings (SSSR count). The van der Waals surface area contributed by atoms with Crippen molar-refractivity contribution in [2.45, 2.75) is 13.0 Å². The van der Waals surface area contributed by atoms with Crippen LogP contribution < -0.4 is 10.6 Å². The van der Waals surface area contributed by atoms with Crippen molar-refractivity contribution in [1.29, 1.82) is 0 Å². The fourth-order valence-corrected chi connectivity index (χ4v) is 2.28. The zero-order valence-electron chi connectivity index (χ0n) is 11.1. The number of nitrogens with zero attached hydrogens (tertiary/aromatic N) is 2. The van der Waals surface area contributed by atoms with E-state index in [1.54, 1.807) is 6.20 Å². The van der Waals surface area contributed by atoms with Gasteiger partial charge < -0.3 is 10.6 Å². The summed E-state index contributed by atoms with van der Waals surface area (Å²) in [4.78, 5) is 6.58. The van der Waals surface area contributed by atoms with Crippen molar-refractivity contribution in [2.75, 3.05) is 18.0 Å². The van der Waals surface area contributed by atoms with E-state index in [9.17, 15) is 0 Å². The van der Waals surface area contributed by atoms with Gasteiger partial charge in [-0.25, -0.2) is 4.98 Å². The summed E-state index contributed by atoms with van der Waals surface area (Å²) < 4.78 is 0. The Kier molecular flexibility index (Phi) is 5.65. The molecule has 0 spiro atoms. The van der Waals surface area contributed by atoms with Gasteiger partial charge in [0, 0.05) is 19.3 Å². The van der Waals surface area contributed by atoms with E-state index in [-0.39, 0.29) is 0 Å². The lowest BCUT2D eigenvalue weighted by Gasteiger charge is -2.23. The van der Waals surface area contributed by atoms with Gasteiger partial charge in [0.2, 0.25) is 0 Å². The number of aromatic nitrogens is 1. The first-order chi connectivity index (χ1) is 9.70. The van der Waals surface area contributed by atoms with E-state index in [1.807, 2.05) is 36.4 Å². The van der Waals surface area contributed by atoms with Gasteiger partial charge in [-0.05, 0) is 42.8 Å². The van der Waals surface area contributed by atoms with Gasteiger partial charge in [-0.1, -0.05) is 35.3 Å². The summed E-state index contributed by atoms with van der Waals surface area (Å²) in [7, 11) is 0. The van der Waals surface area contributed by atoms with Crippen molar-refractivity contribution in [3.8, 4) is 0 Å². The maximum absolute atomic E-state index is 6.06. The molecule has 0 fully saturated rings. The molecule has 1 aromatic heterocycles. The van der Waals surface area contributed by atoms with E-state index in [1.165, 1.54) is 0 Å². The minimum atomic E-state index is 0.571. The van der Waals surface area contributed by atoms with Crippen molar-refractivity contribution >= 4 is 29.0 Å². The van der Waals surface area contributed by atoms with Crippen LogP contribution in [0.2, 0.25) is 10.0 Å². The molecule has 2 aromatic rings. The fourth-order valence-electron chi connectivity index (χ4n) is 1.96. The number of halogens is 2. The highest BCUT2D eigenvalue weighted by Gasteiger charge is 2.09. The second-order valence-corrected chi connectivity index (χ2v) is 5.31. The molecule has 106 valence electrons. The molecule has 0 aliphatic carbocycles. The largest absolute Gasteiger partial charge is 0.352 e. The number of hydrogen-bond acceptors (Lipinski definition) is 3. The van der Waals surface area contributed by atoms with Gasteiger partial charge >= 0.3 is 0 Å². The molecule has 0 amide bonds. The lowest BCUT2D eigenvalue weighted by atomic mass is 10.2. The van der Waals surface area contributed by atoms with Crippen molar-refractivity contribution in [3.05, 3.63) is 58.2 Å². The molecule has 1 aromatic carbocycles. The van der Waals surface area contributed by atoms with Crippen LogP contribution in [-0.4, -0.2) is 18.1 Å². The molecule has 0 aliphatic heterocycles. The highest BCUT2D eigenvalue weighted by molar-refractivity contribution is 6.42. The van der Waals surface area contributed by atoms with Gasteiger partial charge in [-0.3, -0.25) is 0 Å². The molecule has 0 bridgehead atoms. The Morgan fingerprint density at radius 3 is 2.60 bits per heavy atom. The predicted octanol–water partition coefficient (Wildman–Crippen LogP) is 3.74. The standard InChI is InChI=1S/C15H17Cl2N3/c16-13-6-5-12(10-14(13)17)11-20(9-3-7-18)15-4-1-2-8-19-15/h1-2,4-6,8,10H,3,7,9,11,18H2. The first-order valence-electron chi connectivity index (χ1n) is 6.50. The normalized spacial score (nSPS) is 10.6. The molecule has 0 atom stereocenters. The summed E-state index contributed by atoms with van der Waals surface area (Å²) in [6.07, 6.45) is 2.71. The molecule has 20 heavy (non-hydrogen) atoms. The molecule has 0 aliphatic rings. The molecule has 1 heterocycles. The Morgan fingerprint density at radius 1 is 1.10 bits per heavy atom. The third-order valence-corrected chi connectivity index (χ3v) is 3.70. The molecule has 2 N–H and O–H groups in total. The van der Waals surface area contributed by atoms with Crippen molar-refractivity contribution < 1.29 is 0 Å². The van der Waals surface area contributed by atoms with E-state index in [2.05, 4.69) is 9.88 Å². The zero-order chi connectivity index (χ0) is 14.4. The number of rotatable bonds is 6. The Balaban J connectivity index is 2.17. The summed E-state index contributed by atoms with van der Waals surface area (Å²) in [6.45, 7) is 2.24. The summed E-state index contributed by atoms with van der Waals surface area (Å²) in [6, 6.07) is 11.6. The molecular formula is C15H17Cl2N3. The molecule has 5 heteroatoms. The second-order valence-electron chi connectivity index (χ2n) is 4.50. The molecule has 0 unspecified atom stereocenters. The fraction of sp³-hybridized carbons (Fsp3) is 0.267. The van der Waals surface area contributed by atoms with Crippen LogP contribution in [0.1, 0.15) is 12.0 Å². The first kappa shape index (κ1) is 15.1. The average molecular weight is 310 g/mol. The summed E-state index contributed by atoms with van der Waals surface area (Å²) in [5, 5.41) is 1.14. The third kappa shape index (κ3) is 4.10. The smallest absolute Gasteiger partial charge is 0.128 e. The minimum Gasteiger partial charge on any atom is -0.352 e. The van der Waals surface area contributed by atoms with Crippen LogP contribution in [0.25, 0.3) is 0 Å². The lowest BCUT2D eigenvalue weighted by Crippen LogP contribution is -2.26. The van der Waals surface area contributed by atoms with Gasteiger partial charge in [-0.15, -0.1) is 0 Å². The van der Waals surface area contributed by atoms with E-state index < -0.39 is 0 Å². The van der Waals surface area contributed by atoms with Crippen LogP contribution in [0.5, 0.6) is 0 Å². The van der Waals surface area contributed by atoms with E-state index in [0.717, 1.165) is 30.9 Å². The van der Waals surface area contributed by atoms with Gasteiger partial charge in [0.15, 0.2) is 0 Å². The summed E-state index contributed by atoms with van der Waals surface area (Å²) in [5.74, 6) is 0.937. The van der Waals surface area contributed by atoms with Crippen molar-refractivity contribution in [1.82, 2.24) is 4.98 Å². The lowest BCUT2D eigenvalue weighted by molar-refractivity contribution is 0.726. The molecule has 0 radical (unpaired) electrons. The number of benzene rings is 1. The van der Waals surface area contributed by atoms with Gasteiger partial charge in [0.25, 0.3) is 0 Å².